The van der Waals surface area contributed by atoms with Crippen LogP contribution in [0.4, 0.5) is 5.69 Å². The van der Waals surface area contributed by atoms with Gasteiger partial charge in [0.1, 0.15) is 0 Å². The molecule has 0 saturated carbocycles. The second-order valence-corrected chi connectivity index (χ2v) is 11.3. The van der Waals surface area contributed by atoms with Crippen LogP contribution in [0.5, 0.6) is 0 Å². The van der Waals surface area contributed by atoms with E-state index in [1.54, 1.807) is 53.4 Å². The Hall–Kier alpha value is -2.17. The molecule has 0 unspecified atom stereocenters. The summed E-state index contributed by atoms with van der Waals surface area (Å²) in [6.45, 7) is 2.41. The van der Waals surface area contributed by atoms with Crippen molar-refractivity contribution in [2.24, 2.45) is 0 Å². The van der Waals surface area contributed by atoms with Gasteiger partial charge >= 0.3 is 0 Å². The van der Waals surface area contributed by atoms with Gasteiger partial charge < -0.3 is 10.2 Å². The Balaban J connectivity index is 1.43. The first-order valence-electron chi connectivity index (χ1n) is 10.3. The molecule has 0 bridgehead atoms. The predicted molar refractivity (Wildman–Crippen MR) is 131 cm³/mol. The van der Waals surface area contributed by atoms with Crippen molar-refractivity contribution in [3.63, 3.8) is 0 Å². The number of thiophene rings is 1. The summed E-state index contributed by atoms with van der Waals surface area (Å²) in [6, 6.07) is 16.0. The van der Waals surface area contributed by atoms with Crippen LogP contribution in [0, 0.1) is 0 Å². The zero-order valence-corrected chi connectivity index (χ0v) is 20.2. The van der Waals surface area contributed by atoms with Crippen LogP contribution in [-0.2, 0) is 15.8 Å². The van der Waals surface area contributed by atoms with E-state index in [9.17, 15) is 13.2 Å². The predicted octanol–water partition coefficient (Wildman–Crippen LogP) is 4.23. The van der Waals surface area contributed by atoms with Crippen LogP contribution in [0.1, 0.15) is 15.9 Å². The third kappa shape index (κ3) is 5.41. The maximum atomic E-state index is 12.9. The number of thioether (sulfide) groups is 1. The van der Waals surface area contributed by atoms with Gasteiger partial charge in [0, 0.05) is 42.5 Å². The Morgan fingerprint density at radius 3 is 2.44 bits per heavy atom. The molecule has 0 radical (unpaired) electrons. The highest BCUT2D eigenvalue weighted by atomic mass is 32.2. The number of amides is 1. The van der Waals surface area contributed by atoms with Gasteiger partial charge in [-0.2, -0.15) is 15.6 Å². The Kier molecular flexibility index (Phi) is 7.32. The van der Waals surface area contributed by atoms with E-state index in [2.05, 4.69) is 21.7 Å². The molecule has 3 aromatic rings. The molecule has 0 atom stereocenters. The molecule has 2 heterocycles. The summed E-state index contributed by atoms with van der Waals surface area (Å²) in [5, 5.41) is 7.04. The standard InChI is InChI=1S/C23H25N3O3S3/c1-25-11-13-26(14-12-25)32(28,29)20-8-6-19(7-9-20)24-23(27)21-4-2-3-5-22(21)31-17-18-10-15-30-16-18/h2-10,15-16H,11-14,17H2,1H3,(H,24,27). The molecule has 0 aliphatic carbocycles. The molecule has 4 rings (SSSR count). The average Bonchev–Trinajstić information content (AvgIpc) is 3.32. The molecule has 1 aliphatic rings. The molecule has 32 heavy (non-hydrogen) atoms. The fraction of sp³-hybridized carbons (Fsp3) is 0.261. The lowest BCUT2D eigenvalue weighted by atomic mass is 10.2. The van der Waals surface area contributed by atoms with Crippen molar-refractivity contribution in [2.75, 3.05) is 38.5 Å². The molecular weight excluding hydrogens is 462 g/mol. The summed E-state index contributed by atoms with van der Waals surface area (Å²) in [7, 11) is -1.54. The molecule has 9 heteroatoms. The summed E-state index contributed by atoms with van der Waals surface area (Å²) in [4.78, 5) is 16.2. The maximum Gasteiger partial charge on any atom is 0.256 e. The van der Waals surface area contributed by atoms with Crippen LogP contribution in [0.3, 0.4) is 0 Å². The molecule has 1 aliphatic heterocycles. The second-order valence-electron chi connectivity index (χ2n) is 7.60. The van der Waals surface area contributed by atoms with Gasteiger partial charge in [0.05, 0.1) is 10.5 Å². The van der Waals surface area contributed by atoms with Crippen LogP contribution in [-0.4, -0.2) is 56.8 Å². The lowest BCUT2D eigenvalue weighted by Crippen LogP contribution is -2.46. The smallest absolute Gasteiger partial charge is 0.256 e. The zero-order valence-electron chi connectivity index (χ0n) is 17.7. The highest BCUT2D eigenvalue weighted by Gasteiger charge is 2.27. The number of likely N-dealkylation sites (N-methyl/N-ethyl adjacent to an activating group) is 1. The van der Waals surface area contributed by atoms with E-state index in [-0.39, 0.29) is 10.8 Å². The molecule has 168 valence electrons. The number of hydrogen-bond donors (Lipinski definition) is 1. The summed E-state index contributed by atoms with van der Waals surface area (Å²) in [5.41, 5.74) is 2.39. The minimum atomic E-state index is -3.53. The molecular formula is C23H25N3O3S3. The van der Waals surface area contributed by atoms with Crippen molar-refractivity contribution >= 4 is 44.7 Å². The van der Waals surface area contributed by atoms with Gasteiger partial charge in [0.25, 0.3) is 5.91 Å². The minimum Gasteiger partial charge on any atom is -0.322 e. The van der Waals surface area contributed by atoms with Crippen molar-refractivity contribution in [1.82, 2.24) is 9.21 Å². The third-order valence-electron chi connectivity index (χ3n) is 5.32. The van der Waals surface area contributed by atoms with Gasteiger partial charge in [-0.3, -0.25) is 4.79 Å². The van der Waals surface area contributed by atoms with E-state index in [1.807, 2.05) is 30.6 Å². The van der Waals surface area contributed by atoms with Crippen LogP contribution in [0.25, 0.3) is 0 Å². The summed E-state index contributed by atoms with van der Waals surface area (Å²) in [5.74, 6) is 0.584. The number of piperazine rings is 1. The van der Waals surface area contributed by atoms with E-state index in [4.69, 9.17) is 0 Å². The first-order valence-corrected chi connectivity index (χ1v) is 13.6. The minimum absolute atomic E-state index is 0.215. The van der Waals surface area contributed by atoms with Crippen LogP contribution in [0.2, 0.25) is 0 Å². The highest BCUT2D eigenvalue weighted by Crippen LogP contribution is 2.28. The Morgan fingerprint density at radius 2 is 1.75 bits per heavy atom. The van der Waals surface area contributed by atoms with E-state index >= 15 is 0 Å². The average molecular weight is 488 g/mol. The summed E-state index contributed by atoms with van der Waals surface area (Å²) in [6.07, 6.45) is 0. The zero-order chi connectivity index (χ0) is 22.6. The van der Waals surface area contributed by atoms with Gasteiger partial charge in [-0.25, -0.2) is 8.42 Å². The van der Waals surface area contributed by atoms with Crippen LogP contribution >= 0.6 is 23.1 Å². The fourth-order valence-electron chi connectivity index (χ4n) is 3.40. The fourth-order valence-corrected chi connectivity index (χ4v) is 6.59. The molecule has 1 fully saturated rings. The van der Waals surface area contributed by atoms with Gasteiger partial charge in [-0.1, -0.05) is 12.1 Å². The number of hydrogen-bond acceptors (Lipinski definition) is 6. The summed E-state index contributed by atoms with van der Waals surface area (Å²) < 4.78 is 27.3. The van der Waals surface area contributed by atoms with E-state index in [0.29, 0.717) is 24.3 Å². The van der Waals surface area contributed by atoms with E-state index < -0.39 is 10.0 Å². The number of carbonyl (C=O) groups is 1. The summed E-state index contributed by atoms with van der Waals surface area (Å²) >= 11 is 3.28. The molecule has 1 aromatic heterocycles. The molecule has 2 aromatic carbocycles. The molecule has 1 N–H and O–H groups in total. The number of rotatable bonds is 7. The van der Waals surface area contributed by atoms with Gasteiger partial charge in [-0.15, -0.1) is 11.8 Å². The van der Waals surface area contributed by atoms with Crippen molar-refractivity contribution in [1.29, 1.82) is 0 Å². The van der Waals surface area contributed by atoms with Gasteiger partial charge in [0.15, 0.2) is 0 Å². The van der Waals surface area contributed by atoms with Crippen molar-refractivity contribution in [3.05, 3.63) is 76.5 Å². The van der Waals surface area contributed by atoms with Crippen LogP contribution in [0.15, 0.2) is 75.1 Å². The first-order chi connectivity index (χ1) is 15.4. The van der Waals surface area contributed by atoms with E-state index in [1.165, 1.54) is 9.87 Å². The third-order valence-corrected chi connectivity index (χ3v) is 9.11. The largest absolute Gasteiger partial charge is 0.322 e. The highest BCUT2D eigenvalue weighted by molar-refractivity contribution is 7.98. The topological polar surface area (TPSA) is 69.7 Å². The van der Waals surface area contributed by atoms with Crippen molar-refractivity contribution in [3.8, 4) is 0 Å². The Morgan fingerprint density at radius 1 is 1.03 bits per heavy atom. The lowest BCUT2D eigenvalue weighted by Gasteiger charge is -2.31. The Labute approximate surface area is 197 Å². The molecule has 6 nitrogen and oxygen atoms in total. The second kappa shape index (κ2) is 10.2. The van der Waals surface area contributed by atoms with Crippen LogP contribution < -0.4 is 5.32 Å². The molecule has 0 spiro atoms. The van der Waals surface area contributed by atoms with E-state index in [0.717, 1.165) is 23.7 Å². The first kappa shape index (κ1) is 23.0. The lowest BCUT2D eigenvalue weighted by molar-refractivity contribution is 0.102. The molecule has 1 amide bonds. The quantitative estimate of drug-likeness (QED) is 0.505. The van der Waals surface area contributed by atoms with Gasteiger partial charge in [0.2, 0.25) is 10.0 Å². The number of sulfonamides is 1. The number of nitrogens with zero attached hydrogens (tertiary/aromatic N) is 2. The number of nitrogens with one attached hydrogen (secondary N) is 1. The normalized spacial score (nSPS) is 15.5. The number of carbonyl (C=O) groups excluding carboxylic acids is 1. The maximum absolute atomic E-state index is 12.9. The Bertz CT molecular complexity index is 1150. The van der Waals surface area contributed by atoms with Gasteiger partial charge in [-0.05, 0) is 65.8 Å². The van der Waals surface area contributed by atoms with Crippen molar-refractivity contribution in [2.45, 2.75) is 15.5 Å². The monoisotopic (exact) mass is 487 g/mol. The number of benzene rings is 2. The molecule has 1 saturated heterocycles. The SMILES string of the molecule is CN1CCN(S(=O)(=O)c2ccc(NC(=O)c3ccccc3SCc3ccsc3)cc2)CC1. The van der Waals surface area contributed by atoms with Crippen molar-refractivity contribution < 1.29 is 13.2 Å². The number of anilines is 1.